The molecule has 2 aromatic rings. The Bertz CT molecular complexity index is 751. The molecule has 22 heavy (non-hydrogen) atoms. The summed E-state index contributed by atoms with van der Waals surface area (Å²) in [5.74, 6) is -1.08. The summed E-state index contributed by atoms with van der Waals surface area (Å²) >= 11 is 0. The smallest absolute Gasteiger partial charge is 0.316 e. The Hall–Kier alpha value is -2.56. The topological polar surface area (TPSA) is 95.4 Å². The number of hydrogen-bond donors (Lipinski definition) is 2. The SMILES string of the molecule is CCOC(=O)C(C)(C)c1c(C(N)=O)c(N)cc2ccccc12. The second-order valence-electron chi connectivity index (χ2n) is 5.65. The van der Waals surface area contributed by atoms with Gasteiger partial charge in [0.15, 0.2) is 0 Å². The molecule has 0 aliphatic rings. The molecule has 2 aromatic carbocycles. The van der Waals surface area contributed by atoms with Gasteiger partial charge < -0.3 is 16.2 Å². The average molecular weight is 300 g/mol. The molecule has 0 unspecified atom stereocenters. The number of hydrogen-bond acceptors (Lipinski definition) is 4. The first-order valence-electron chi connectivity index (χ1n) is 7.09. The van der Waals surface area contributed by atoms with Gasteiger partial charge in [0.2, 0.25) is 0 Å². The van der Waals surface area contributed by atoms with E-state index < -0.39 is 17.3 Å². The average Bonchev–Trinajstić information content (AvgIpc) is 2.45. The zero-order chi connectivity index (χ0) is 16.5. The summed E-state index contributed by atoms with van der Waals surface area (Å²) in [6.45, 7) is 5.41. The Morgan fingerprint density at radius 2 is 1.86 bits per heavy atom. The molecule has 1 amide bonds. The largest absolute Gasteiger partial charge is 0.465 e. The van der Waals surface area contributed by atoms with Gasteiger partial charge in [0, 0.05) is 5.69 Å². The third-order valence-corrected chi connectivity index (χ3v) is 3.74. The highest BCUT2D eigenvalue weighted by Crippen LogP contribution is 2.37. The normalized spacial score (nSPS) is 11.4. The van der Waals surface area contributed by atoms with Crippen LogP contribution in [0.2, 0.25) is 0 Å². The molecule has 0 saturated heterocycles. The number of primary amides is 1. The van der Waals surface area contributed by atoms with Crippen molar-refractivity contribution < 1.29 is 14.3 Å². The molecule has 0 spiro atoms. The molecular formula is C17H20N2O3. The van der Waals surface area contributed by atoms with Crippen molar-refractivity contribution in [1.29, 1.82) is 0 Å². The van der Waals surface area contributed by atoms with Crippen molar-refractivity contribution in [2.24, 2.45) is 5.73 Å². The number of nitrogens with two attached hydrogens (primary N) is 2. The van der Waals surface area contributed by atoms with Crippen molar-refractivity contribution in [3.05, 3.63) is 41.5 Å². The van der Waals surface area contributed by atoms with E-state index in [0.29, 0.717) is 5.56 Å². The van der Waals surface area contributed by atoms with Crippen molar-refractivity contribution >= 4 is 28.3 Å². The number of anilines is 1. The summed E-state index contributed by atoms with van der Waals surface area (Å²) in [5.41, 5.74) is 11.4. The molecular weight excluding hydrogens is 280 g/mol. The molecule has 4 N–H and O–H groups in total. The highest BCUT2D eigenvalue weighted by molar-refractivity contribution is 6.08. The van der Waals surface area contributed by atoms with Crippen molar-refractivity contribution in [3.8, 4) is 0 Å². The van der Waals surface area contributed by atoms with Crippen molar-refractivity contribution in [2.45, 2.75) is 26.2 Å². The fourth-order valence-corrected chi connectivity index (χ4v) is 2.70. The second kappa shape index (κ2) is 5.67. The van der Waals surface area contributed by atoms with Gasteiger partial charge in [-0.25, -0.2) is 0 Å². The summed E-state index contributed by atoms with van der Waals surface area (Å²) < 4.78 is 5.15. The van der Waals surface area contributed by atoms with E-state index in [1.807, 2.05) is 24.3 Å². The number of nitrogen functional groups attached to an aromatic ring is 1. The van der Waals surface area contributed by atoms with Crippen LogP contribution < -0.4 is 11.5 Å². The summed E-state index contributed by atoms with van der Waals surface area (Å²) in [6.07, 6.45) is 0. The maximum Gasteiger partial charge on any atom is 0.316 e. The lowest BCUT2D eigenvalue weighted by atomic mass is 9.78. The number of benzene rings is 2. The molecule has 116 valence electrons. The zero-order valence-electron chi connectivity index (χ0n) is 13.0. The minimum Gasteiger partial charge on any atom is -0.465 e. The van der Waals surface area contributed by atoms with Gasteiger partial charge in [0.05, 0.1) is 17.6 Å². The lowest BCUT2D eigenvalue weighted by Gasteiger charge is -2.27. The van der Waals surface area contributed by atoms with E-state index in [2.05, 4.69) is 0 Å². The second-order valence-corrected chi connectivity index (χ2v) is 5.65. The van der Waals surface area contributed by atoms with E-state index in [-0.39, 0.29) is 17.9 Å². The Kier molecular flexibility index (Phi) is 4.08. The van der Waals surface area contributed by atoms with Crippen LogP contribution >= 0.6 is 0 Å². The van der Waals surface area contributed by atoms with Crippen LogP contribution in [0.1, 0.15) is 36.7 Å². The van der Waals surface area contributed by atoms with E-state index in [1.165, 1.54) is 0 Å². The van der Waals surface area contributed by atoms with Crippen LogP contribution in [-0.4, -0.2) is 18.5 Å². The van der Waals surface area contributed by atoms with Crippen molar-refractivity contribution in [1.82, 2.24) is 0 Å². The van der Waals surface area contributed by atoms with Gasteiger partial charge in [-0.2, -0.15) is 0 Å². The molecule has 0 bridgehead atoms. The number of carbonyl (C=O) groups is 2. The lowest BCUT2D eigenvalue weighted by molar-refractivity contribution is -0.148. The summed E-state index contributed by atoms with van der Waals surface area (Å²) in [4.78, 5) is 24.3. The highest BCUT2D eigenvalue weighted by atomic mass is 16.5. The van der Waals surface area contributed by atoms with Gasteiger partial charge in [0.1, 0.15) is 0 Å². The molecule has 0 aliphatic heterocycles. The molecule has 0 heterocycles. The van der Waals surface area contributed by atoms with Gasteiger partial charge >= 0.3 is 5.97 Å². The first kappa shape index (κ1) is 15.8. The number of amides is 1. The fourth-order valence-electron chi connectivity index (χ4n) is 2.70. The quantitative estimate of drug-likeness (QED) is 0.669. The van der Waals surface area contributed by atoms with Crippen LogP contribution in [0, 0.1) is 0 Å². The monoisotopic (exact) mass is 300 g/mol. The number of esters is 1. The summed E-state index contributed by atoms with van der Waals surface area (Å²) in [7, 11) is 0. The standard InChI is InChI=1S/C17H20N2O3/c1-4-22-16(21)17(2,3)14-11-8-6-5-7-10(11)9-12(18)13(14)15(19)20/h5-9H,4,18H2,1-3H3,(H2,19,20). The predicted octanol–water partition coefficient (Wildman–Crippen LogP) is 2.36. The van der Waals surface area contributed by atoms with Crippen LogP contribution in [0.5, 0.6) is 0 Å². The van der Waals surface area contributed by atoms with E-state index in [1.54, 1.807) is 26.8 Å². The number of fused-ring (bicyclic) bond motifs is 1. The van der Waals surface area contributed by atoms with Crippen LogP contribution in [-0.2, 0) is 14.9 Å². The van der Waals surface area contributed by atoms with Gasteiger partial charge in [-0.05, 0) is 43.2 Å². The lowest BCUT2D eigenvalue weighted by Crippen LogP contribution is -2.34. The third-order valence-electron chi connectivity index (χ3n) is 3.74. The van der Waals surface area contributed by atoms with Crippen LogP contribution in [0.15, 0.2) is 30.3 Å². The fraction of sp³-hybridized carbons (Fsp3) is 0.294. The molecule has 0 atom stereocenters. The maximum atomic E-state index is 12.4. The molecule has 5 heteroatoms. The summed E-state index contributed by atoms with van der Waals surface area (Å²) in [6, 6.07) is 9.12. The van der Waals surface area contributed by atoms with Crippen LogP contribution in [0.25, 0.3) is 10.8 Å². The molecule has 2 rings (SSSR count). The maximum absolute atomic E-state index is 12.4. The van der Waals surface area contributed by atoms with Crippen LogP contribution in [0.4, 0.5) is 5.69 Å². The first-order chi connectivity index (χ1) is 10.3. The number of ether oxygens (including phenoxy) is 1. The van der Waals surface area contributed by atoms with Crippen molar-refractivity contribution in [3.63, 3.8) is 0 Å². The Labute approximate surface area is 129 Å². The molecule has 0 saturated carbocycles. The van der Waals surface area contributed by atoms with Crippen LogP contribution in [0.3, 0.4) is 0 Å². The van der Waals surface area contributed by atoms with Gasteiger partial charge in [-0.15, -0.1) is 0 Å². The molecule has 0 fully saturated rings. The zero-order valence-corrected chi connectivity index (χ0v) is 13.0. The van der Waals surface area contributed by atoms with E-state index in [4.69, 9.17) is 16.2 Å². The Balaban J connectivity index is 2.87. The minimum atomic E-state index is -1.05. The van der Waals surface area contributed by atoms with Gasteiger partial charge in [0.25, 0.3) is 5.91 Å². The predicted molar refractivity (Wildman–Crippen MR) is 86.5 cm³/mol. The van der Waals surface area contributed by atoms with Crippen molar-refractivity contribution in [2.75, 3.05) is 12.3 Å². The third kappa shape index (κ3) is 2.50. The highest BCUT2D eigenvalue weighted by Gasteiger charge is 2.37. The minimum absolute atomic E-state index is 0.178. The van der Waals surface area contributed by atoms with Gasteiger partial charge in [-0.1, -0.05) is 24.3 Å². The Morgan fingerprint density at radius 1 is 1.23 bits per heavy atom. The molecule has 0 aliphatic carbocycles. The first-order valence-corrected chi connectivity index (χ1v) is 7.09. The molecule has 0 radical (unpaired) electrons. The Morgan fingerprint density at radius 3 is 2.45 bits per heavy atom. The molecule has 5 nitrogen and oxygen atoms in total. The molecule has 0 aromatic heterocycles. The summed E-state index contributed by atoms with van der Waals surface area (Å²) in [5, 5.41) is 1.61. The van der Waals surface area contributed by atoms with E-state index in [0.717, 1.165) is 10.8 Å². The van der Waals surface area contributed by atoms with Gasteiger partial charge in [-0.3, -0.25) is 9.59 Å². The number of carbonyl (C=O) groups excluding carboxylic acids is 2. The van der Waals surface area contributed by atoms with E-state index in [9.17, 15) is 9.59 Å². The van der Waals surface area contributed by atoms with E-state index >= 15 is 0 Å². The number of rotatable bonds is 4.